The topological polar surface area (TPSA) is 55.9 Å². The van der Waals surface area contributed by atoms with Crippen LogP contribution in [-0.2, 0) is 13.5 Å². The number of aromatic nitrogens is 2. The highest BCUT2D eigenvalue weighted by molar-refractivity contribution is 9.10. The van der Waals surface area contributed by atoms with Gasteiger partial charge in [-0.1, -0.05) is 28.1 Å². The molecule has 19 heavy (non-hydrogen) atoms. The first kappa shape index (κ1) is 14.0. The minimum Gasteiger partial charge on any atom is -0.389 e. The molecule has 0 unspecified atom stereocenters. The normalized spacial score (nSPS) is 10.4. The lowest BCUT2D eigenvalue weighted by molar-refractivity contribution is 0.711. The summed E-state index contributed by atoms with van der Waals surface area (Å²) in [5.41, 5.74) is 8.72. The standard InChI is InChI=1S/C13H15BrN4S/c1-18-10(5-7-17-18)4-6-16-12-3-2-9(14)8-11(12)13(15)19/h2-3,5,7-8,16H,4,6H2,1H3,(H2,15,19). The quantitative estimate of drug-likeness (QED) is 0.822. The van der Waals surface area contributed by atoms with Crippen LogP contribution in [0.5, 0.6) is 0 Å². The van der Waals surface area contributed by atoms with Crippen molar-refractivity contribution in [2.45, 2.75) is 6.42 Å². The molecule has 1 aromatic heterocycles. The van der Waals surface area contributed by atoms with Gasteiger partial charge < -0.3 is 11.1 Å². The van der Waals surface area contributed by atoms with Crippen molar-refractivity contribution in [3.63, 3.8) is 0 Å². The number of halogens is 1. The summed E-state index contributed by atoms with van der Waals surface area (Å²) < 4.78 is 2.84. The Hall–Kier alpha value is -1.40. The second-order valence-corrected chi connectivity index (χ2v) is 5.53. The molecule has 100 valence electrons. The zero-order valence-corrected chi connectivity index (χ0v) is 13.0. The van der Waals surface area contributed by atoms with E-state index in [1.807, 2.05) is 36.0 Å². The van der Waals surface area contributed by atoms with Gasteiger partial charge in [0.1, 0.15) is 4.99 Å². The number of hydrogen-bond donors (Lipinski definition) is 2. The Morgan fingerprint density at radius 3 is 2.89 bits per heavy atom. The monoisotopic (exact) mass is 338 g/mol. The lowest BCUT2D eigenvalue weighted by Gasteiger charge is -2.11. The average Bonchev–Trinajstić information content (AvgIpc) is 2.77. The molecule has 0 spiro atoms. The Morgan fingerprint density at radius 2 is 2.26 bits per heavy atom. The van der Waals surface area contributed by atoms with Gasteiger partial charge in [-0.15, -0.1) is 0 Å². The predicted molar refractivity (Wildman–Crippen MR) is 85.4 cm³/mol. The van der Waals surface area contributed by atoms with E-state index in [-0.39, 0.29) is 0 Å². The van der Waals surface area contributed by atoms with Crippen LogP contribution in [0.1, 0.15) is 11.3 Å². The lowest BCUT2D eigenvalue weighted by atomic mass is 10.1. The molecule has 3 N–H and O–H groups in total. The SMILES string of the molecule is Cn1nccc1CCNc1ccc(Br)cc1C(N)=S. The van der Waals surface area contributed by atoms with Crippen molar-refractivity contribution in [3.05, 3.63) is 46.2 Å². The van der Waals surface area contributed by atoms with Gasteiger partial charge in [-0.2, -0.15) is 5.10 Å². The second-order valence-electron chi connectivity index (χ2n) is 4.18. The molecular weight excluding hydrogens is 324 g/mol. The summed E-state index contributed by atoms with van der Waals surface area (Å²) in [5, 5.41) is 7.50. The highest BCUT2D eigenvalue weighted by atomic mass is 79.9. The van der Waals surface area contributed by atoms with Crippen LogP contribution in [0.4, 0.5) is 5.69 Å². The fraction of sp³-hybridized carbons (Fsp3) is 0.231. The van der Waals surface area contributed by atoms with Crippen LogP contribution in [0.3, 0.4) is 0 Å². The molecule has 0 aliphatic rings. The third-order valence-corrected chi connectivity index (χ3v) is 3.58. The predicted octanol–water partition coefficient (Wildman–Crippen LogP) is 2.47. The molecule has 2 aromatic rings. The molecule has 0 fully saturated rings. The number of anilines is 1. The molecule has 1 aromatic carbocycles. The smallest absolute Gasteiger partial charge is 0.106 e. The molecule has 0 saturated heterocycles. The van der Waals surface area contributed by atoms with E-state index in [2.05, 4.69) is 26.3 Å². The van der Waals surface area contributed by atoms with Crippen molar-refractivity contribution in [3.8, 4) is 0 Å². The summed E-state index contributed by atoms with van der Waals surface area (Å²) in [5.74, 6) is 0. The lowest BCUT2D eigenvalue weighted by Crippen LogP contribution is -2.15. The molecule has 0 radical (unpaired) electrons. The first-order valence-electron chi connectivity index (χ1n) is 5.88. The molecule has 4 nitrogen and oxygen atoms in total. The van der Waals surface area contributed by atoms with Crippen molar-refractivity contribution in [2.75, 3.05) is 11.9 Å². The van der Waals surface area contributed by atoms with Crippen LogP contribution in [-0.4, -0.2) is 21.3 Å². The first-order chi connectivity index (χ1) is 9.08. The summed E-state index contributed by atoms with van der Waals surface area (Å²) in [6, 6.07) is 7.88. The highest BCUT2D eigenvalue weighted by Gasteiger charge is 2.06. The van der Waals surface area contributed by atoms with Crippen LogP contribution in [0.2, 0.25) is 0 Å². The summed E-state index contributed by atoms with van der Waals surface area (Å²) in [6.07, 6.45) is 2.69. The number of nitrogens with one attached hydrogen (secondary N) is 1. The van der Waals surface area contributed by atoms with E-state index in [9.17, 15) is 0 Å². The summed E-state index contributed by atoms with van der Waals surface area (Å²) >= 11 is 8.48. The fourth-order valence-electron chi connectivity index (χ4n) is 1.85. The maximum absolute atomic E-state index is 5.73. The molecule has 2 rings (SSSR count). The number of nitrogens with zero attached hydrogens (tertiary/aromatic N) is 2. The summed E-state index contributed by atoms with van der Waals surface area (Å²) in [4.78, 5) is 0.393. The third kappa shape index (κ3) is 3.54. The van der Waals surface area contributed by atoms with Crippen LogP contribution < -0.4 is 11.1 Å². The van der Waals surface area contributed by atoms with Gasteiger partial charge in [0, 0.05) is 47.6 Å². The number of thiocarbonyl (C=S) groups is 1. The van der Waals surface area contributed by atoms with E-state index in [0.717, 1.165) is 28.7 Å². The number of hydrogen-bond acceptors (Lipinski definition) is 3. The zero-order valence-electron chi connectivity index (χ0n) is 10.6. The molecule has 1 heterocycles. The Labute approximate surface area is 126 Å². The van der Waals surface area contributed by atoms with E-state index < -0.39 is 0 Å². The van der Waals surface area contributed by atoms with E-state index in [1.54, 1.807) is 6.20 Å². The van der Waals surface area contributed by atoms with Gasteiger partial charge in [0.25, 0.3) is 0 Å². The van der Waals surface area contributed by atoms with Crippen molar-refractivity contribution < 1.29 is 0 Å². The minimum absolute atomic E-state index is 0.393. The van der Waals surface area contributed by atoms with Crippen molar-refractivity contribution in [1.82, 2.24) is 9.78 Å². The Bertz CT molecular complexity index is 594. The van der Waals surface area contributed by atoms with Gasteiger partial charge in [0.15, 0.2) is 0 Å². The van der Waals surface area contributed by atoms with E-state index >= 15 is 0 Å². The molecular formula is C13H15BrN4S. The molecule has 0 bridgehead atoms. The van der Waals surface area contributed by atoms with Gasteiger partial charge in [-0.3, -0.25) is 4.68 Å². The van der Waals surface area contributed by atoms with Gasteiger partial charge in [0.05, 0.1) is 0 Å². The van der Waals surface area contributed by atoms with Crippen LogP contribution >= 0.6 is 28.1 Å². The number of nitrogens with two attached hydrogens (primary N) is 1. The van der Waals surface area contributed by atoms with Gasteiger partial charge in [0.2, 0.25) is 0 Å². The summed E-state index contributed by atoms with van der Waals surface area (Å²) in [6.45, 7) is 0.802. The number of benzene rings is 1. The number of aryl methyl sites for hydroxylation is 1. The van der Waals surface area contributed by atoms with Gasteiger partial charge in [-0.25, -0.2) is 0 Å². The zero-order chi connectivity index (χ0) is 13.8. The van der Waals surface area contributed by atoms with Crippen molar-refractivity contribution in [1.29, 1.82) is 0 Å². The van der Waals surface area contributed by atoms with Gasteiger partial charge >= 0.3 is 0 Å². The Morgan fingerprint density at radius 1 is 1.47 bits per heavy atom. The van der Waals surface area contributed by atoms with Crippen LogP contribution in [0, 0.1) is 0 Å². The van der Waals surface area contributed by atoms with Gasteiger partial charge in [-0.05, 0) is 24.3 Å². The molecule has 6 heteroatoms. The largest absolute Gasteiger partial charge is 0.389 e. The van der Waals surface area contributed by atoms with E-state index in [1.165, 1.54) is 5.69 Å². The maximum atomic E-state index is 5.73. The molecule has 0 aliphatic heterocycles. The van der Waals surface area contributed by atoms with Crippen LogP contribution in [0.15, 0.2) is 34.9 Å². The van der Waals surface area contributed by atoms with E-state index in [0.29, 0.717) is 4.99 Å². The second kappa shape index (κ2) is 6.16. The minimum atomic E-state index is 0.393. The average molecular weight is 339 g/mol. The molecule has 0 atom stereocenters. The summed E-state index contributed by atoms with van der Waals surface area (Å²) in [7, 11) is 1.94. The third-order valence-electron chi connectivity index (χ3n) is 2.87. The fourth-order valence-corrected chi connectivity index (χ4v) is 2.38. The molecule has 0 amide bonds. The first-order valence-corrected chi connectivity index (χ1v) is 7.08. The van der Waals surface area contributed by atoms with Crippen molar-refractivity contribution in [2.24, 2.45) is 12.8 Å². The Kier molecular flexibility index (Phi) is 4.55. The molecule has 0 aliphatic carbocycles. The van der Waals surface area contributed by atoms with Crippen molar-refractivity contribution >= 4 is 38.8 Å². The molecule has 0 saturated carbocycles. The maximum Gasteiger partial charge on any atom is 0.106 e. The highest BCUT2D eigenvalue weighted by Crippen LogP contribution is 2.21. The number of rotatable bonds is 5. The Balaban J connectivity index is 2.03. The van der Waals surface area contributed by atoms with E-state index in [4.69, 9.17) is 18.0 Å². The van der Waals surface area contributed by atoms with Crippen LogP contribution in [0.25, 0.3) is 0 Å².